The van der Waals surface area contributed by atoms with Gasteiger partial charge in [0, 0.05) is 10.9 Å². The van der Waals surface area contributed by atoms with E-state index < -0.39 is 5.97 Å². The van der Waals surface area contributed by atoms with E-state index in [9.17, 15) is 9.59 Å². The Kier molecular flexibility index (Phi) is 4.51. The minimum absolute atomic E-state index is 0.183. The number of H-pyrrole nitrogens is 1. The summed E-state index contributed by atoms with van der Waals surface area (Å²) in [7, 11) is 4.96. The van der Waals surface area contributed by atoms with Crippen LogP contribution in [0.3, 0.4) is 0 Å². The second-order valence-electron chi connectivity index (χ2n) is 5.54. The van der Waals surface area contributed by atoms with Crippen LogP contribution in [0.15, 0.2) is 18.2 Å². The van der Waals surface area contributed by atoms with Gasteiger partial charge in [-0.3, -0.25) is 9.69 Å². The highest BCUT2D eigenvalue weighted by atomic mass is 16.5. The molecule has 1 atom stereocenters. The predicted molar refractivity (Wildman–Crippen MR) is 86.2 cm³/mol. The molecule has 2 aromatic rings. The molecule has 22 heavy (non-hydrogen) atoms. The molecule has 1 aromatic carbocycles. The van der Waals surface area contributed by atoms with Gasteiger partial charge in [-0.1, -0.05) is 11.6 Å². The first-order valence-electron chi connectivity index (χ1n) is 7.03. The Morgan fingerprint density at radius 2 is 2.00 bits per heavy atom. The highest BCUT2D eigenvalue weighted by Gasteiger charge is 2.23. The molecule has 0 aliphatic rings. The van der Waals surface area contributed by atoms with Gasteiger partial charge < -0.3 is 15.0 Å². The van der Waals surface area contributed by atoms with E-state index in [1.165, 1.54) is 7.11 Å². The standard InChI is InChI=1S/C16H21N3O3/c1-9-6-7-12-11(8-9)13(14(17-12)16(21)22-5)18-15(20)10(2)19(3)4/h6-8,10,17H,1-5H3,(H,18,20)/t10-/m1/s1. The van der Waals surface area contributed by atoms with Gasteiger partial charge in [-0.05, 0) is 40.1 Å². The number of carbonyl (C=O) groups is 2. The van der Waals surface area contributed by atoms with Gasteiger partial charge in [-0.15, -0.1) is 0 Å². The summed E-state index contributed by atoms with van der Waals surface area (Å²) in [6, 6.07) is 5.42. The number of likely N-dealkylation sites (N-methyl/N-ethyl adjacent to an activating group) is 1. The first kappa shape index (κ1) is 16.0. The van der Waals surface area contributed by atoms with Crippen molar-refractivity contribution in [2.75, 3.05) is 26.5 Å². The smallest absolute Gasteiger partial charge is 0.356 e. The molecule has 0 aliphatic heterocycles. The Bertz CT molecular complexity index is 719. The molecule has 6 nitrogen and oxygen atoms in total. The van der Waals surface area contributed by atoms with Crippen molar-refractivity contribution in [3.63, 3.8) is 0 Å². The first-order chi connectivity index (χ1) is 10.3. The molecule has 2 rings (SSSR count). The lowest BCUT2D eigenvalue weighted by Gasteiger charge is -2.19. The van der Waals surface area contributed by atoms with E-state index in [1.807, 2.05) is 39.2 Å². The maximum atomic E-state index is 12.3. The van der Waals surface area contributed by atoms with E-state index >= 15 is 0 Å². The number of rotatable bonds is 4. The zero-order valence-corrected chi connectivity index (χ0v) is 13.5. The number of aromatic amines is 1. The van der Waals surface area contributed by atoms with Crippen LogP contribution in [-0.4, -0.2) is 49.0 Å². The molecular formula is C16H21N3O3. The third-order valence-electron chi connectivity index (χ3n) is 3.75. The molecule has 0 spiro atoms. The van der Waals surface area contributed by atoms with E-state index in [1.54, 1.807) is 11.8 Å². The Morgan fingerprint density at radius 3 is 2.59 bits per heavy atom. The van der Waals surface area contributed by atoms with Crippen LogP contribution < -0.4 is 5.32 Å². The molecular weight excluding hydrogens is 282 g/mol. The second-order valence-corrected chi connectivity index (χ2v) is 5.54. The number of nitrogens with zero attached hydrogens (tertiary/aromatic N) is 1. The van der Waals surface area contributed by atoms with Gasteiger partial charge in [-0.25, -0.2) is 4.79 Å². The van der Waals surface area contributed by atoms with E-state index in [0.29, 0.717) is 5.69 Å². The van der Waals surface area contributed by atoms with Crippen molar-refractivity contribution < 1.29 is 14.3 Å². The zero-order valence-electron chi connectivity index (χ0n) is 13.5. The van der Waals surface area contributed by atoms with Crippen molar-refractivity contribution in [3.8, 4) is 0 Å². The molecule has 1 amide bonds. The number of esters is 1. The average molecular weight is 303 g/mol. The number of aromatic nitrogens is 1. The van der Waals surface area contributed by atoms with Gasteiger partial charge in [0.1, 0.15) is 5.69 Å². The molecule has 0 unspecified atom stereocenters. The fourth-order valence-electron chi connectivity index (χ4n) is 2.15. The minimum atomic E-state index is -0.512. The summed E-state index contributed by atoms with van der Waals surface area (Å²) in [6.45, 7) is 3.76. The second kappa shape index (κ2) is 6.19. The summed E-state index contributed by atoms with van der Waals surface area (Å²) in [6.07, 6.45) is 0. The Morgan fingerprint density at radius 1 is 1.32 bits per heavy atom. The van der Waals surface area contributed by atoms with E-state index in [2.05, 4.69) is 10.3 Å². The number of ether oxygens (including phenoxy) is 1. The van der Waals surface area contributed by atoms with Gasteiger partial charge in [0.15, 0.2) is 0 Å². The van der Waals surface area contributed by atoms with E-state index in [0.717, 1.165) is 16.5 Å². The normalized spacial score (nSPS) is 12.5. The Balaban J connectivity index is 2.51. The molecule has 0 fully saturated rings. The number of carbonyl (C=O) groups excluding carboxylic acids is 2. The fourth-order valence-corrected chi connectivity index (χ4v) is 2.15. The minimum Gasteiger partial charge on any atom is -0.464 e. The Labute approximate surface area is 129 Å². The molecule has 6 heteroatoms. The molecule has 1 aromatic heterocycles. The lowest BCUT2D eigenvalue weighted by molar-refractivity contribution is -0.119. The third kappa shape index (κ3) is 2.96. The van der Waals surface area contributed by atoms with Crippen molar-refractivity contribution in [2.24, 2.45) is 0 Å². The van der Waals surface area contributed by atoms with Crippen molar-refractivity contribution in [1.82, 2.24) is 9.88 Å². The maximum Gasteiger partial charge on any atom is 0.356 e. The van der Waals surface area contributed by atoms with Crippen LogP contribution in [0.4, 0.5) is 5.69 Å². The number of hydrogen-bond donors (Lipinski definition) is 2. The molecule has 0 bridgehead atoms. The largest absolute Gasteiger partial charge is 0.464 e. The van der Waals surface area contributed by atoms with E-state index in [4.69, 9.17) is 4.74 Å². The molecule has 0 saturated heterocycles. The SMILES string of the molecule is COC(=O)c1[nH]c2ccc(C)cc2c1NC(=O)[C@@H](C)N(C)C. The van der Waals surface area contributed by atoms with Crippen LogP contribution in [0.2, 0.25) is 0 Å². The topological polar surface area (TPSA) is 74.4 Å². The van der Waals surface area contributed by atoms with Gasteiger partial charge in [0.05, 0.1) is 18.8 Å². The third-order valence-corrected chi connectivity index (χ3v) is 3.75. The van der Waals surface area contributed by atoms with Crippen molar-refractivity contribution in [2.45, 2.75) is 19.9 Å². The summed E-state index contributed by atoms with van der Waals surface area (Å²) in [5, 5.41) is 3.64. The van der Waals surface area contributed by atoms with Crippen LogP contribution in [0.5, 0.6) is 0 Å². The predicted octanol–water partition coefficient (Wildman–Crippen LogP) is 2.15. The summed E-state index contributed by atoms with van der Waals surface area (Å²) < 4.78 is 4.79. The van der Waals surface area contributed by atoms with Crippen LogP contribution in [0, 0.1) is 6.92 Å². The molecule has 0 radical (unpaired) electrons. The van der Waals surface area contributed by atoms with Crippen LogP contribution in [0.1, 0.15) is 23.0 Å². The lowest BCUT2D eigenvalue weighted by atomic mass is 10.1. The number of methoxy groups -OCH3 is 1. The maximum absolute atomic E-state index is 12.3. The monoisotopic (exact) mass is 303 g/mol. The highest BCUT2D eigenvalue weighted by molar-refractivity contribution is 6.11. The zero-order chi connectivity index (χ0) is 16.4. The van der Waals surface area contributed by atoms with E-state index in [-0.39, 0.29) is 17.6 Å². The quantitative estimate of drug-likeness (QED) is 0.849. The number of amides is 1. The summed E-state index contributed by atoms with van der Waals surface area (Å²) in [5.74, 6) is -0.695. The van der Waals surface area contributed by atoms with Gasteiger partial charge in [0.2, 0.25) is 5.91 Å². The van der Waals surface area contributed by atoms with Crippen molar-refractivity contribution in [1.29, 1.82) is 0 Å². The fraction of sp³-hybridized carbons (Fsp3) is 0.375. The van der Waals surface area contributed by atoms with Gasteiger partial charge in [-0.2, -0.15) is 0 Å². The summed E-state index contributed by atoms with van der Waals surface area (Å²) in [4.78, 5) is 29.1. The van der Waals surface area contributed by atoms with Gasteiger partial charge >= 0.3 is 5.97 Å². The van der Waals surface area contributed by atoms with Gasteiger partial charge in [0.25, 0.3) is 0 Å². The summed E-state index contributed by atoms with van der Waals surface area (Å²) in [5.41, 5.74) is 2.53. The average Bonchev–Trinajstić information content (AvgIpc) is 2.83. The van der Waals surface area contributed by atoms with Crippen LogP contribution >= 0.6 is 0 Å². The van der Waals surface area contributed by atoms with Crippen molar-refractivity contribution in [3.05, 3.63) is 29.5 Å². The molecule has 2 N–H and O–H groups in total. The molecule has 118 valence electrons. The first-order valence-corrected chi connectivity index (χ1v) is 7.03. The number of nitrogens with one attached hydrogen (secondary N) is 2. The van der Waals surface area contributed by atoms with Crippen LogP contribution in [-0.2, 0) is 9.53 Å². The Hall–Kier alpha value is -2.34. The number of benzene rings is 1. The number of fused-ring (bicyclic) bond motifs is 1. The number of anilines is 1. The lowest BCUT2D eigenvalue weighted by Crippen LogP contribution is -2.37. The summed E-state index contributed by atoms with van der Waals surface area (Å²) >= 11 is 0. The number of aryl methyl sites for hydroxylation is 1. The molecule has 1 heterocycles. The molecule has 0 aliphatic carbocycles. The van der Waals surface area contributed by atoms with Crippen LogP contribution in [0.25, 0.3) is 10.9 Å². The molecule has 0 saturated carbocycles. The number of hydrogen-bond acceptors (Lipinski definition) is 4. The highest BCUT2D eigenvalue weighted by Crippen LogP contribution is 2.29. The van der Waals surface area contributed by atoms with Crippen molar-refractivity contribution >= 4 is 28.5 Å².